The van der Waals surface area contributed by atoms with Gasteiger partial charge in [-0.05, 0) is 46.9 Å². The summed E-state index contributed by atoms with van der Waals surface area (Å²) in [5, 5.41) is 5.21. The van der Waals surface area contributed by atoms with E-state index in [0.29, 0.717) is 16.3 Å². The van der Waals surface area contributed by atoms with Crippen LogP contribution in [0.1, 0.15) is 0 Å². The lowest BCUT2D eigenvalue weighted by Gasteiger charge is -2.10. The van der Waals surface area contributed by atoms with Gasteiger partial charge in [-0.3, -0.25) is 0 Å². The standard InChI is InChI=1S/C18H13F2IN4O2S/c1-24(2)28(26,27)25-9-15-17(23-25)11-7-6-10(21)8-12(11)18(22-15)16-13(19)4-3-5-14(16)20/h3-9H,1-2H3. The van der Waals surface area contributed by atoms with Crippen LogP contribution in [0.2, 0.25) is 0 Å². The SMILES string of the molecule is CN(C)S(=O)(=O)n1cc2nc(-c3c(F)cccc3F)c3cc(I)ccc3c2n1. The van der Waals surface area contributed by atoms with Gasteiger partial charge in [0.2, 0.25) is 0 Å². The molecule has 0 fully saturated rings. The fraction of sp³-hybridized carbons (Fsp3) is 0.111. The van der Waals surface area contributed by atoms with Gasteiger partial charge in [0, 0.05) is 28.4 Å². The Morgan fingerprint density at radius 1 is 1.07 bits per heavy atom. The van der Waals surface area contributed by atoms with Gasteiger partial charge in [0.05, 0.1) is 17.5 Å². The highest BCUT2D eigenvalue weighted by Crippen LogP contribution is 2.35. The number of halogens is 3. The topological polar surface area (TPSA) is 68.1 Å². The molecule has 4 rings (SSSR count). The molecule has 0 N–H and O–H groups in total. The van der Waals surface area contributed by atoms with Gasteiger partial charge in [0.25, 0.3) is 0 Å². The predicted molar refractivity (Wildman–Crippen MR) is 111 cm³/mol. The lowest BCUT2D eigenvalue weighted by Crippen LogP contribution is -2.29. The Balaban J connectivity index is 2.15. The largest absolute Gasteiger partial charge is 0.322 e. The van der Waals surface area contributed by atoms with E-state index in [9.17, 15) is 17.2 Å². The van der Waals surface area contributed by atoms with Crippen molar-refractivity contribution in [3.63, 3.8) is 0 Å². The molecule has 10 heteroatoms. The van der Waals surface area contributed by atoms with E-state index in [-0.39, 0.29) is 16.8 Å². The Kier molecular flexibility index (Phi) is 4.59. The molecule has 4 aromatic rings. The van der Waals surface area contributed by atoms with E-state index in [4.69, 9.17) is 0 Å². The van der Waals surface area contributed by atoms with Crippen molar-refractivity contribution in [2.45, 2.75) is 0 Å². The summed E-state index contributed by atoms with van der Waals surface area (Å²) in [7, 11) is -1.09. The van der Waals surface area contributed by atoms with Crippen molar-refractivity contribution in [3.05, 3.63) is 57.8 Å². The highest BCUT2D eigenvalue weighted by atomic mass is 127. The summed E-state index contributed by atoms with van der Waals surface area (Å²) in [5.41, 5.74) is 0.382. The Hall–Kier alpha value is -2.18. The number of aromatic nitrogens is 3. The van der Waals surface area contributed by atoms with Gasteiger partial charge in [0.1, 0.15) is 22.7 Å². The summed E-state index contributed by atoms with van der Waals surface area (Å²) in [6.45, 7) is 0. The summed E-state index contributed by atoms with van der Waals surface area (Å²) in [6, 6.07) is 8.88. The average Bonchev–Trinajstić information content (AvgIpc) is 3.06. The molecule has 0 aliphatic heterocycles. The van der Waals surface area contributed by atoms with Crippen LogP contribution in [0.5, 0.6) is 0 Å². The fourth-order valence-corrected chi connectivity index (χ4v) is 4.16. The summed E-state index contributed by atoms with van der Waals surface area (Å²) in [4.78, 5) is 4.38. The highest BCUT2D eigenvalue weighted by Gasteiger charge is 2.23. The summed E-state index contributed by atoms with van der Waals surface area (Å²) >= 11 is 2.09. The third-order valence-electron chi connectivity index (χ3n) is 4.30. The minimum atomic E-state index is -3.86. The maximum Gasteiger partial charge on any atom is 0.322 e. The Bertz CT molecular complexity index is 1330. The molecule has 2 heterocycles. The second-order valence-electron chi connectivity index (χ2n) is 6.27. The molecule has 2 aromatic heterocycles. The first-order valence-electron chi connectivity index (χ1n) is 8.06. The first kappa shape index (κ1) is 19.2. The van der Waals surface area contributed by atoms with E-state index in [1.165, 1.54) is 26.4 Å². The van der Waals surface area contributed by atoms with Gasteiger partial charge in [-0.25, -0.2) is 13.8 Å². The molecule has 144 valence electrons. The van der Waals surface area contributed by atoms with Gasteiger partial charge >= 0.3 is 10.2 Å². The van der Waals surface area contributed by atoms with E-state index in [2.05, 4.69) is 32.7 Å². The molecule has 0 aliphatic rings. The first-order valence-corrected chi connectivity index (χ1v) is 10.5. The molecule has 0 atom stereocenters. The minimum absolute atomic E-state index is 0.0958. The summed E-state index contributed by atoms with van der Waals surface area (Å²) in [5.74, 6) is -1.50. The van der Waals surface area contributed by atoms with Crippen LogP contribution in [0.25, 0.3) is 33.1 Å². The Labute approximate surface area is 173 Å². The fourth-order valence-electron chi connectivity index (χ4n) is 2.92. The highest BCUT2D eigenvalue weighted by molar-refractivity contribution is 14.1. The molecule has 2 aromatic carbocycles. The van der Waals surface area contributed by atoms with Gasteiger partial charge in [0.15, 0.2) is 0 Å². The van der Waals surface area contributed by atoms with Crippen LogP contribution in [0, 0.1) is 15.2 Å². The zero-order chi connectivity index (χ0) is 20.2. The smallest absolute Gasteiger partial charge is 0.244 e. The van der Waals surface area contributed by atoms with Crippen molar-refractivity contribution >= 4 is 54.6 Å². The van der Waals surface area contributed by atoms with Gasteiger partial charge in [-0.2, -0.15) is 17.8 Å². The molecule has 0 spiro atoms. The zero-order valence-electron chi connectivity index (χ0n) is 14.7. The van der Waals surface area contributed by atoms with E-state index in [1.807, 2.05) is 6.07 Å². The predicted octanol–water partition coefficient (Wildman–Crippen LogP) is 3.79. The van der Waals surface area contributed by atoms with E-state index >= 15 is 0 Å². The molecule has 0 aliphatic carbocycles. The van der Waals surface area contributed by atoms with E-state index in [0.717, 1.165) is 24.1 Å². The first-order chi connectivity index (χ1) is 13.2. The van der Waals surface area contributed by atoms with Crippen LogP contribution < -0.4 is 0 Å². The summed E-state index contributed by atoms with van der Waals surface area (Å²) in [6.07, 6.45) is 1.24. The molecule has 0 amide bonds. The zero-order valence-corrected chi connectivity index (χ0v) is 17.7. The van der Waals surface area contributed by atoms with Gasteiger partial charge < -0.3 is 0 Å². The Morgan fingerprint density at radius 2 is 1.75 bits per heavy atom. The van der Waals surface area contributed by atoms with Crippen molar-refractivity contribution in [1.82, 2.24) is 18.5 Å². The van der Waals surface area contributed by atoms with E-state index < -0.39 is 21.8 Å². The van der Waals surface area contributed by atoms with Gasteiger partial charge in [-0.15, -0.1) is 4.09 Å². The summed E-state index contributed by atoms with van der Waals surface area (Å²) < 4.78 is 56.4. The number of fused-ring (bicyclic) bond motifs is 3. The lowest BCUT2D eigenvalue weighted by atomic mass is 10.0. The number of hydrogen-bond donors (Lipinski definition) is 0. The number of nitrogens with zero attached hydrogens (tertiary/aromatic N) is 4. The van der Waals surface area contributed by atoms with Crippen molar-refractivity contribution in [1.29, 1.82) is 0 Å². The quantitative estimate of drug-likeness (QED) is 0.391. The molecular formula is C18H13F2IN4O2S. The normalized spacial score (nSPS) is 12.4. The lowest BCUT2D eigenvalue weighted by molar-refractivity contribution is 0.504. The second-order valence-corrected chi connectivity index (χ2v) is 9.52. The van der Waals surface area contributed by atoms with Gasteiger partial charge in [-0.1, -0.05) is 12.1 Å². The van der Waals surface area contributed by atoms with E-state index in [1.54, 1.807) is 12.1 Å². The van der Waals surface area contributed by atoms with Crippen LogP contribution in [-0.4, -0.2) is 41.0 Å². The van der Waals surface area contributed by atoms with Crippen molar-refractivity contribution in [2.75, 3.05) is 14.1 Å². The molecule has 0 unspecified atom stereocenters. The third-order valence-corrected chi connectivity index (χ3v) is 6.55. The van der Waals surface area contributed by atoms with Crippen LogP contribution in [0.4, 0.5) is 8.78 Å². The molecule has 0 saturated carbocycles. The molecule has 0 saturated heterocycles. The number of benzene rings is 2. The number of rotatable bonds is 3. The van der Waals surface area contributed by atoms with Crippen LogP contribution in [-0.2, 0) is 10.2 Å². The minimum Gasteiger partial charge on any atom is -0.244 e. The number of pyridine rings is 1. The van der Waals surface area contributed by atoms with Crippen LogP contribution in [0.15, 0.2) is 42.6 Å². The van der Waals surface area contributed by atoms with Crippen LogP contribution in [0.3, 0.4) is 0 Å². The maximum atomic E-state index is 14.5. The molecule has 0 radical (unpaired) electrons. The molecule has 28 heavy (non-hydrogen) atoms. The molecule has 0 bridgehead atoms. The Morgan fingerprint density at radius 3 is 2.39 bits per heavy atom. The monoisotopic (exact) mass is 514 g/mol. The molecule has 6 nitrogen and oxygen atoms in total. The van der Waals surface area contributed by atoms with Crippen LogP contribution >= 0.6 is 22.6 Å². The van der Waals surface area contributed by atoms with Crippen molar-refractivity contribution in [3.8, 4) is 11.3 Å². The van der Waals surface area contributed by atoms with Crippen molar-refractivity contribution in [2.24, 2.45) is 0 Å². The van der Waals surface area contributed by atoms with Crippen molar-refractivity contribution < 1.29 is 17.2 Å². The maximum absolute atomic E-state index is 14.5. The second kappa shape index (κ2) is 6.71. The molecular weight excluding hydrogens is 501 g/mol. The third kappa shape index (κ3) is 2.95. The number of hydrogen-bond acceptors (Lipinski definition) is 4. The average molecular weight is 514 g/mol.